The molecule has 166 valence electrons. The maximum absolute atomic E-state index is 14.2. The van der Waals surface area contributed by atoms with Gasteiger partial charge in [-0.25, -0.2) is 18.2 Å². The van der Waals surface area contributed by atoms with Crippen LogP contribution >= 0.6 is 11.6 Å². The lowest BCUT2D eigenvalue weighted by molar-refractivity contribution is -0.123. The highest BCUT2D eigenvalue weighted by Gasteiger charge is 2.58. The van der Waals surface area contributed by atoms with Crippen molar-refractivity contribution in [3.63, 3.8) is 0 Å². The topological polar surface area (TPSA) is 92.7 Å². The predicted molar refractivity (Wildman–Crippen MR) is 112 cm³/mol. The first kappa shape index (κ1) is 21.9. The first-order valence-electron chi connectivity index (χ1n) is 9.67. The van der Waals surface area contributed by atoms with Gasteiger partial charge < -0.3 is 10.6 Å². The molecule has 2 aromatic heterocycles. The van der Waals surface area contributed by atoms with Gasteiger partial charge >= 0.3 is 0 Å². The van der Waals surface area contributed by atoms with Crippen LogP contribution in [0, 0.1) is 5.82 Å². The number of nitrogens with one attached hydrogen (secondary N) is 2. The predicted octanol–water partition coefficient (Wildman–Crippen LogP) is 3.86. The molecule has 0 radical (unpaired) electrons. The van der Waals surface area contributed by atoms with Gasteiger partial charge in [-0.3, -0.25) is 9.78 Å². The van der Waals surface area contributed by atoms with Crippen LogP contribution < -0.4 is 10.6 Å². The van der Waals surface area contributed by atoms with E-state index in [0.717, 1.165) is 6.07 Å². The van der Waals surface area contributed by atoms with Crippen LogP contribution in [-0.4, -0.2) is 45.6 Å². The van der Waals surface area contributed by atoms with Crippen molar-refractivity contribution in [2.45, 2.75) is 24.2 Å². The first-order valence-corrected chi connectivity index (χ1v) is 10.1. The average molecular weight is 463 g/mol. The van der Waals surface area contributed by atoms with E-state index >= 15 is 0 Å². The number of halogens is 4. The van der Waals surface area contributed by atoms with E-state index in [1.54, 1.807) is 12.1 Å². The second-order valence-corrected chi connectivity index (χ2v) is 8.03. The van der Waals surface area contributed by atoms with Crippen molar-refractivity contribution in [1.29, 1.82) is 0 Å². The summed E-state index contributed by atoms with van der Waals surface area (Å²) in [6.07, 6.45) is 1.98. The van der Waals surface area contributed by atoms with Gasteiger partial charge in [0.1, 0.15) is 11.5 Å². The molecule has 2 N–H and O–H groups in total. The SMILES string of the molecule is CNC(=O)c1ccc(F)c(-c2cnc(NCC3(c4ncccc4Cl)CC(F)(F)C3)nn2)c1. The van der Waals surface area contributed by atoms with Gasteiger partial charge in [-0.1, -0.05) is 11.6 Å². The minimum atomic E-state index is -2.81. The van der Waals surface area contributed by atoms with Crippen molar-refractivity contribution in [3.8, 4) is 11.3 Å². The van der Waals surface area contributed by atoms with Crippen LogP contribution in [0.25, 0.3) is 11.3 Å². The fourth-order valence-electron chi connectivity index (χ4n) is 3.83. The number of anilines is 1. The van der Waals surface area contributed by atoms with Crippen molar-refractivity contribution in [1.82, 2.24) is 25.5 Å². The van der Waals surface area contributed by atoms with Gasteiger partial charge in [0.05, 0.1) is 16.9 Å². The number of alkyl halides is 2. The zero-order chi connectivity index (χ0) is 22.9. The number of benzene rings is 1. The van der Waals surface area contributed by atoms with E-state index in [9.17, 15) is 18.0 Å². The number of hydrogen-bond donors (Lipinski definition) is 2. The molecule has 1 aromatic carbocycles. The molecule has 0 unspecified atom stereocenters. The van der Waals surface area contributed by atoms with Crippen molar-refractivity contribution in [3.05, 3.63) is 64.8 Å². The Labute approximate surface area is 186 Å². The lowest BCUT2D eigenvalue weighted by Gasteiger charge is -2.47. The molecule has 3 aromatic rings. The van der Waals surface area contributed by atoms with E-state index in [2.05, 4.69) is 30.8 Å². The van der Waals surface area contributed by atoms with E-state index in [1.807, 2.05) is 0 Å². The third-order valence-electron chi connectivity index (χ3n) is 5.33. The van der Waals surface area contributed by atoms with Gasteiger partial charge in [-0.05, 0) is 30.3 Å². The highest BCUT2D eigenvalue weighted by atomic mass is 35.5. The molecule has 0 saturated heterocycles. The quantitative estimate of drug-likeness (QED) is 0.578. The van der Waals surface area contributed by atoms with Crippen LogP contribution in [0.1, 0.15) is 28.9 Å². The molecule has 11 heteroatoms. The van der Waals surface area contributed by atoms with E-state index in [-0.39, 0.29) is 35.2 Å². The molecule has 1 fully saturated rings. The zero-order valence-corrected chi connectivity index (χ0v) is 17.6. The molecule has 0 bridgehead atoms. The molecular weight excluding hydrogens is 445 g/mol. The molecular formula is C21H18ClF3N6O. The van der Waals surface area contributed by atoms with Crippen molar-refractivity contribution < 1.29 is 18.0 Å². The van der Waals surface area contributed by atoms with Gasteiger partial charge in [-0.15, -0.1) is 10.2 Å². The van der Waals surface area contributed by atoms with Gasteiger partial charge in [0.25, 0.3) is 5.91 Å². The molecule has 2 heterocycles. The number of amides is 1. The third-order valence-corrected chi connectivity index (χ3v) is 5.64. The summed E-state index contributed by atoms with van der Waals surface area (Å²) < 4.78 is 41.8. The molecule has 0 aliphatic heterocycles. The average Bonchev–Trinajstić information content (AvgIpc) is 2.76. The van der Waals surface area contributed by atoms with Crippen molar-refractivity contribution >= 4 is 23.5 Å². The summed E-state index contributed by atoms with van der Waals surface area (Å²) in [5, 5.41) is 13.6. The number of pyridine rings is 1. The number of carbonyl (C=O) groups is 1. The number of hydrogen-bond acceptors (Lipinski definition) is 6. The molecule has 1 saturated carbocycles. The Morgan fingerprint density at radius 2 is 1.97 bits per heavy atom. The molecule has 1 aliphatic carbocycles. The van der Waals surface area contributed by atoms with Crippen LogP contribution in [0.2, 0.25) is 5.02 Å². The number of carbonyl (C=O) groups excluding carboxylic acids is 1. The molecule has 7 nitrogen and oxygen atoms in total. The summed E-state index contributed by atoms with van der Waals surface area (Å²) in [6.45, 7) is 0.0703. The fourth-order valence-corrected chi connectivity index (χ4v) is 4.15. The summed E-state index contributed by atoms with van der Waals surface area (Å²) in [6, 6.07) is 7.10. The second kappa shape index (κ2) is 8.34. The standard InChI is InChI=1S/C21H18ClF3N6O/c1-26-18(32)12-4-5-15(23)13(7-12)16-8-28-19(31-30-16)29-11-20(9-21(24,25)10-20)17-14(22)3-2-6-27-17/h2-8H,9-11H2,1H3,(H,26,32)(H,28,29,31). The molecule has 1 aliphatic rings. The maximum Gasteiger partial charge on any atom is 0.251 e. The Morgan fingerprint density at radius 1 is 1.19 bits per heavy atom. The molecule has 1 amide bonds. The first-order chi connectivity index (χ1) is 15.2. The van der Waals surface area contributed by atoms with E-state index in [1.165, 1.54) is 31.6 Å². The van der Waals surface area contributed by atoms with Crippen LogP contribution in [-0.2, 0) is 5.41 Å². The van der Waals surface area contributed by atoms with Gasteiger partial charge in [0.2, 0.25) is 11.9 Å². The molecule has 4 rings (SSSR count). The Bertz CT molecular complexity index is 1150. The molecule has 0 spiro atoms. The van der Waals surface area contributed by atoms with Gasteiger partial charge in [-0.2, -0.15) is 0 Å². The van der Waals surface area contributed by atoms with E-state index < -0.39 is 30.0 Å². The Balaban J connectivity index is 1.53. The van der Waals surface area contributed by atoms with Crippen molar-refractivity contribution in [2.24, 2.45) is 0 Å². The zero-order valence-electron chi connectivity index (χ0n) is 16.9. The second-order valence-electron chi connectivity index (χ2n) is 7.62. The van der Waals surface area contributed by atoms with E-state index in [4.69, 9.17) is 11.6 Å². The minimum Gasteiger partial charge on any atom is -0.355 e. The lowest BCUT2D eigenvalue weighted by atomic mass is 9.63. The minimum absolute atomic E-state index is 0.0630. The van der Waals surface area contributed by atoms with Crippen molar-refractivity contribution in [2.75, 3.05) is 18.9 Å². The molecule has 32 heavy (non-hydrogen) atoms. The molecule has 0 atom stereocenters. The summed E-state index contributed by atoms with van der Waals surface area (Å²) in [5.41, 5.74) is -0.145. The van der Waals surface area contributed by atoms with E-state index in [0.29, 0.717) is 10.7 Å². The number of rotatable bonds is 6. The monoisotopic (exact) mass is 462 g/mol. The highest BCUT2D eigenvalue weighted by Crippen LogP contribution is 2.54. The third kappa shape index (κ3) is 4.22. The largest absolute Gasteiger partial charge is 0.355 e. The summed E-state index contributed by atoms with van der Waals surface area (Å²) in [5.74, 6) is -3.69. The lowest BCUT2D eigenvalue weighted by Crippen LogP contribution is -2.54. The van der Waals surface area contributed by atoms with Gasteiger partial charge in [0, 0.05) is 49.2 Å². The summed E-state index contributed by atoms with van der Waals surface area (Å²) >= 11 is 6.20. The van der Waals surface area contributed by atoms with Crippen LogP contribution in [0.15, 0.2) is 42.7 Å². The number of aromatic nitrogens is 4. The van der Waals surface area contributed by atoms with Crippen LogP contribution in [0.5, 0.6) is 0 Å². The van der Waals surface area contributed by atoms with Gasteiger partial charge in [0.15, 0.2) is 0 Å². The van der Waals surface area contributed by atoms with Crippen LogP contribution in [0.4, 0.5) is 19.1 Å². The normalized spacial score (nSPS) is 16.2. The van der Waals surface area contributed by atoms with Crippen LogP contribution in [0.3, 0.4) is 0 Å². The fraction of sp³-hybridized carbons (Fsp3) is 0.286. The summed E-state index contributed by atoms with van der Waals surface area (Å²) in [7, 11) is 1.47. The Kier molecular flexibility index (Phi) is 5.72. The Morgan fingerprint density at radius 3 is 2.59 bits per heavy atom. The number of nitrogens with zero attached hydrogens (tertiary/aromatic N) is 4. The maximum atomic E-state index is 14.2. The highest BCUT2D eigenvalue weighted by molar-refractivity contribution is 6.31. The smallest absolute Gasteiger partial charge is 0.251 e. The summed E-state index contributed by atoms with van der Waals surface area (Å²) in [4.78, 5) is 20.1. The Hall–Kier alpha value is -3.27.